The summed E-state index contributed by atoms with van der Waals surface area (Å²) < 4.78 is 13.2. The van der Waals surface area contributed by atoms with Gasteiger partial charge in [-0.05, 0) is 35.4 Å². The second-order valence-corrected chi connectivity index (χ2v) is 7.25. The first kappa shape index (κ1) is 19.5. The number of benzene rings is 2. The minimum atomic E-state index is -0.542. The topological polar surface area (TPSA) is 118 Å². The highest BCUT2D eigenvalue weighted by atomic mass is 16.7. The monoisotopic (exact) mass is 432 g/mol. The highest BCUT2D eigenvalue weighted by Gasteiger charge is 2.18. The van der Waals surface area contributed by atoms with E-state index in [9.17, 15) is 19.7 Å². The largest absolute Gasteiger partial charge is 0.454 e. The smallest absolute Gasteiger partial charge is 0.332 e. The van der Waals surface area contributed by atoms with Crippen molar-refractivity contribution in [2.75, 3.05) is 6.79 Å². The lowest BCUT2D eigenvalue weighted by atomic mass is 10.2. The molecule has 10 nitrogen and oxygen atoms in total. The van der Waals surface area contributed by atoms with Crippen LogP contribution in [0.25, 0.3) is 11.0 Å². The summed E-state index contributed by atoms with van der Waals surface area (Å²) in [6.45, 7) is 0.175. The van der Waals surface area contributed by atoms with Crippen molar-refractivity contribution < 1.29 is 14.4 Å². The molecule has 2 aromatic heterocycles. The number of rotatable bonds is 5. The van der Waals surface area contributed by atoms with Crippen LogP contribution >= 0.6 is 0 Å². The number of nitro groups is 1. The van der Waals surface area contributed by atoms with Gasteiger partial charge in [-0.2, -0.15) is 0 Å². The molecular formula is C22H16N4O6. The van der Waals surface area contributed by atoms with Gasteiger partial charge in [-0.1, -0.05) is 18.2 Å². The van der Waals surface area contributed by atoms with Crippen LogP contribution in [0.2, 0.25) is 0 Å². The van der Waals surface area contributed by atoms with Gasteiger partial charge in [0.15, 0.2) is 17.0 Å². The van der Waals surface area contributed by atoms with Crippen LogP contribution in [0.15, 0.2) is 70.4 Å². The van der Waals surface area contributed by atoms with Crippen LogP contribution in [0.5, 0.6) is 11.5 Å². The number of fused-ring (bicyclic) bond motifs is 2. The van der Waals surface area contributed by atoms with Gasteiger partial charge in [0.05, 0.1) is 23.5 Å². The summed E-state index contributed by atoms with van der Waals surface area (Å²) in [5.41, 5.74) is 0.601. The maximum atomic E-state index is 13.4. The lowest BCUT2D eigenvalue weighted by molar-refractivity contribution is -0.384. The third-order valence-corrected chi connectivity index (χ3v) is 5.23. The summed E-state index contributed by atoms with van der Waals surface area (Å²) >= 11 is 0. The molecule has 0 aliphatic carbocycles. The lowest BCUT2D eigenvalue weighted by Crippen LogP contribution is -2.40. The van der Waals surface area contributed by atoms with Gasteiger partial charge < -0.3 is 9.47 Å². The summed E-state index contributed by atoms with van der Waals surface area (Å²) in [7, 11) is 0. The molecule has 1 aliphatic rings. The van der Waals surface area contributed by atoms with Crippen LogP contribution < -0.4 is 20.7 Å². The Morgan fingerprint density at radius 1 is 0.938 bits per heavy atom. The van der Waals surface area contributed by atoms with Crippen LogP contribution in [0.4, 0.5) is 5.69 Å². The van der Waals surface area contributed by atoms with E-state index in [4.69, 9.17) is 9.47 Å². The molecule has 0 atom stereocenters. The maximum absolute atomic E-state index is 13.4. The zero-order valence-corrected chi connectivity index (χ0v) is 16.6. The van der Waals surface area contributed by atoms with E-state index in [1.165, 1.54) is 22.9 Å². The van der Waals surface area contributed by atoms with Crippen LogP contribution in [0.1, 0.15) is 11.1 Å². The average molecular weight is 432 g/mol. The van der Waals surface area contributed by atoms with E-state index in [2.05, 4.69) is 4.98 Å². The van der Waals surface area contributed by atoms with Crippen molar-refractivity contribution in [2.45, 2.75) is 13.1 Å². The van der Waals surface area contributed by atoms with Gasteiger partial charge in [-0.25, -0.2) is 9.78 Å². The SMILES string of the molecule is O=c1c2ncccc2n(Cc2cccc([N+](=O)[O-])c2)c(=O)n1Cc1ccc2c(c1)OCO2. The fourth-order valence-corrected chi connectivity index (χ4v) is 3.71. The summed E-state index contributed by atoms with van der Waals surface area (Å²) in [5.74, 6) is 1.15. The van der Waals surface area contributed by atoms with Gasteiger partial charge in [-0.3, -0.25) is 24.0 Å². The Balaban J connectivity index is 1.63. The Morgan fingerprint density at radius 3 is 2.56 bits per heavy atom. The highest BCUT2D eigenvalue weighted by molar-refractivity contribution is 5.73. The molecule has 0 fully saturated rings. The summed E-state index contributed by atoms with van der Waals surface area (Å²) in [5, 5.41) is 11.1. The van der Waals surface area contributed by atoms with E-state index in [0.29, 0.717) is 28.1 Å². The van der Waals surface area contributed by atoms with Crippen LogP contribution in [-0.4, -0.2) is 25.8 Å². The summed E-state index contributed by atoms with van der Waals surface area (Å²) in [6, 6.07) is 14.5. The van der Waals surface area contributed by atoms with E-state index in [0.717, 1.165) is 4.57 Å². The van der Waals surface area contributed by atoms with Gasteiger partial charge >= 0.3 is 5.69 Å². The molecule has 0 bridgehead atoms. The van der Waals surface area contributed by atoms with Crippen molar-refractivity contribution in [1.29, 1.82) is 0 Å². The molecule has 0 N–H and O–H groups in total. The Kier molecular flexibility index (Phi) is 4.66. The van der Waals surface area contributed by atoms with Crippen molar-refractivity contribution in [3.8, 4) is 11.5 Å². The third kappa shape index (κ3) is 3.37. The predicted molar refractivity (Wildman–Crippen MR) is 114 cm³/mol. The molecule has 0 amide bonds. The summed E-state index contributed by atoms with van der Waals surface area (Å²) in [6.07, 6.45) is 1.48. The van der Waals surface area contributed by atoms with E-state index in [1.807, 2.05) is 0 Å². The molecule has 3 heterocycles. The fraction of sp³-hybridized carbons (Fsp3) is 0.136. The number of non-ortho nitro benzene ring substituents is 1. The molecule has 0 spiro atoms. The number of aromatic nitrogens is 3. The maximum Gasteiger partial charge on any atom is 0.332 e. The number of nitrogens with zero attached hydrogens (tertiary/aromatic N) is 4. The van der Waals surface area contributed by atoms with Gasteiger partial charge in [0.1, 0.15) is 0 Å². The molecule has 0 saturated carbocycles. The average Bonchev–Trinajstić information content (AvgIpc) is 3.27. The van der Waals surface area contributed by atoms with Crippen molar-refractivity contribution in [1.82, 2.24) is 14.1 Å². The standard InChI is InChI=1S/C22H16N4O6/c27-21-20-17(5-2-8-23-20)24(11-14-3-1-4-16(9-14)26(29)30)22(28)25(21)12-15-6-7-18-19(10-15)32-13-31-18/h1-10H,11-13H2. The second-order valence-electron chi connectivity index (χ2n) is 7.25. The second kappa shape index (κ2) is 7.65. The van der Waals surface area contributed by atoms with Crippen molar-refractivity contribution >= 4 is 16.7 Å². The molecule has 2 aromatic carbocycles. The zero-order valence-electron chi connectivity index (χ0n) is 16.6. The molecular weight excluding hydrogens is 416 g/mol. The molecule has 160 valence electrons. The first-order chi connectivity index (χ1) is 15.5. The van der Waals surface area contributed by atoms with Gasteiger partial charge in [-0.15, -0.1) is 0 Å². The Hall–Kier alpha value is -4.47. The zero-order chi connectivity index (χ0) is 22.2. The number of hydrogen-bond donors (Lipinski definition) is 0. The van der Waals surface area contributed by atoms with Crippen molar-refractivity contribution in [3.63, 3.8) is 0 Å². The molecule has 0 saturated heterocycles. The van der Waals surface area contributed by atoms with Crippen LogP contribution in [0.3, 0.4) is 0 Å². The quantitative estimate of drug-likeness (QED) is 0.351. The van der Waals surface area contributed by atoms with Gasteiger partial charge in [0.2, 0.25) is 6.79 Å². The highest BCUT2D eigenvalue weighted by Crippen LogP contribution is 2.32. The molecule has 1 aliphatic heterocycles. The Labute approximate surface area is 180 Å². The third-order valence-electron chi connectivity index (χ3n) is 5.23. The fourth-order valence-electron chi connectivity index (χ4n) is 3.71. The number of hydrogen-bond acceptors (Lipinski definition) is 7. The Bertz CT molecular complexity index is 1490. The molecule has 4 aromatic rings. The summed E-state index contributed by atoms with van der Waals surface area (Å²) in [4.78, 5) is 41.3. The van der Waals surface area contributed by atoms with E-state index >= 15 is 0 Å². The van der Waals surface area contributed by atoms with Crippen molar-refractivity contribution in [3.05, 3.63) is 103 Å². The van der Waals surface area contributed by atoms with Crippen LogP contribution in [0, 0.1) is 10.1 Å². The Morgan fingerprint density at radius 2 is 1.72 bits per heavy atom. The van der Waals surface area contributed by atoms with Crippen LogP contribution in [-0.2, 0) is 13.1 Å². The first-order valence-corrected chi connectivity index (χ1v) is 9.71. The normalized spacial score (nSPS) is 12.2. The first-order valence-electron chi connectivity index (χ1n) is 9.71. The molecule has 32 heavy (non-hydrogen) atoms. The van der Waals surface area contributed by atoms with Crippen molar-refractivity contribution in [2.24, 2.45) is 0 Å². The van der Waals surface area contributed by atoms with Gasteiger partial charge in [0.25, 0.3) is 11.2 Å². The molecule has 0 radical (unpaired) electrons. The van der Waals surface area contributed by atoms with E-state index in [-0.39, 0.29) is 31.1 Å². The lowest BCUT2D eigenvalue weighted by Gasteiger charge is -2.14. The number of nitro benzene ring substituents is 1. The molecule has 10 heteroatoms. The minimum Gasteiger partial charge on any atom is -0.454 e. The van der Waals surface area contributed by atoms with E-state index < -0.39 is 16.2 Å². The molecule has 5 rings (SSSR count). The minimum absolute atomic E-state index is 0.00968. The van der Waals surface area contributed by atoms with Gasteiger partial charge in [0, 0.05) is 18.3 Å². The number of pyridine rings is 1. The molecule has 0 unspecified atom stereocenters. The number of ether oxygens (including phenoxy) is 2. The predicted octanol–water partition coefficient (Wildman–Crippen LogP) is 2.29. The van der Waals surface area contributed by atoms with E-state index in [1.54, 1.807) is 42.5 Å².